The van der Waals surface area contributed by atoms with Crippen LogP contribution in [0.5, 0.6) is 11.5 Å². The second kappa shape index (κ2) is 7.68. The van der Waals surface area contributed by atoms with Gasteiger partial charge in [0.1, 0.15) is 11.5 Å². The van der Waals surface area contributed by atoms with Crippen LogP contribution in [0.4, 0.5) is 0 Å². The summed E-state index contributed by atoms with van der Waals surface area (Å²) >= 11 is 0. The maximum atomic E-state index is 12.4. The first-order chi connectivity index (χ1) is 11.3. The molecule has 24 heavy (non-hydrogen) atoms. The molecule has 2 aromatic rings. The molecule has 0 bridgehead atoms. The monoisotopic (exact) mass is 349 g/mol. The number of benzene rings is 2. The van der Waals surface area contributed by atoms with Crippen LogP contribution in [0, 0.1) is 6.92 Å². The molecule has 1 N–H and O–H groups in total. The molecule has 0 spiro atoms. The molecule has 0 fully saturated rings. The Labute approximate surface area is 143 Å². The van der Waals surface area contributed by atoms with E-state index in [2.05, 4.69) is 4.72 Å². The van der Waals surface area contributed by atoms with E-state index in [1.54, 1.807) is 19.2 Å². The predicted molar refractivity (Wildman–Crippen MR) is 94.0 cm³/mol. The Morgan fingerprint density at radius 1 is 1.08 bits per heavy atom. The highest BCUT2D eigenvalue weighted by Crippen LogP contribution is 2.21. The second-order valence-electron chi connectivity index (χ2n) is 5.78. The van der Waals surface area contributed by atoms with E-state index in [4.69, 9.17) is 9.47 Å². The summed E-state index contributed by atoms with van der Waals surface area (Å²) in [6.07, 6.45) is 0.0411. The minimum atomic E-state index is -3.60. The lowest BCUT2D eigenvalue weighted by Crippen LogP contribution is -2.23. The summed E-state index contributed by atoms with van der Waals surface area (Å²) in [5.41, 5.74) is 1.83. The minimum Gasteiger partial charge on any atom is -0.496 e. The van der Waals surface area contributed by atoms with Crippen molar-refractivity contribution in [1.82, 2.24) is 4.72 Å². The standard InChI is InChI=1S/C18H23NO4S/c1-13(2)23-16-6-8-17(9-7-16)24(20,21)19-12-15-11-14(3)5-10-18(15)22-4/h5-11,13,19H,12H2,1-4H3. The van der Waals surface area contributed by atoms with Crippen molar-refractivity contribution < 1.29 is 17.9 Å². The van der Waals surface area contributed by atoms with Gasteiger partial charge in [0, 0.05) is 12.1 Å². The molecule has 130 valence electrons. The van der Waals surface area contributed by atoms with Gasteiger partial charge in [0.2, 0.25) is 10.0 Å². The van der Waals surface area contributed by atoms with Gasteiger partial charge in [0.05, 0.1) is 18.1 Å². The van der Waals surface area contributed by atoms with Crippen molar-refractivity contribution in [3.05, 3.63) is 53.6 Å². The average Bonchev–Trinajstić information content (AvgIpc) is 2.53. The lowest BCUT2D eigenvalue weighted by Gasteiger charge is -2.12. The topological polar surface area (TPSA) is 64.6 Å². The number of sulfonamides is 1. The molecule has 6 heteroatoms. The van der Waals surface area contributed by atoms with E-state index in [-0.39, 0.29) is 17.5 Å². The van der Waals surface area contributed by atoms with E-state index >= 15 is 0 Å². The fourth-order valence-corrected chi connectivity index (χ4v) is 3.28. The molecule has 2 aromatic carbocycles. The Morgan fingerprint density at radius 3 is 2.33 bits per heavy atom. The fourth-order valence-electron chi connectivity index (χ4n) is 2.27. The van der Waals surface area contributed by atoms with E-state index in [0.29, 0.717) is 11.5 Å². The number of hydrogen-bond donors (Lipinski definition) is 1. The molecule has 5 nitrogen and oxygen atoms in total. The number of methoxy groups -OCH3 is 1. The van der Waals surface area contributed by atoms with Crippen LogP contribution in [0.15, 0.2) is 47.4 Å². The number of hydrogen-bond acceptors (Lipinski definition) is 4. The zero-order valence-corrected chi connectivity index (χ0v) is 15.2. The molecule has 2 rings (SSSR count). The van der Waals surface area contributed by atoms with Crippen LogP contribution < -0.4 is 14.2 Å². The van der Waals surface area contributed by atoms with Crippen LogP contribution in [-0.4, -0.2) is 21.6 Å². The molecule has 0 heterocycles. The van der Waals surface area contributed by atoms with E-state index in [0.717, 1.165) is 11.1 Å². The third kappa shape index (κ3) is 4.72. The minimum absolute atomic E-state index is 0.0411. The maximum absolute atomic E-state index is 12.4. The highest BCUT2D eigenvalue weighted by Gasteiger charge is 2.15. The van der Waals surface area contributed by atoms with Crippen LogP contribution in [-0.2, 0) is 16.6 Å². The number of ether oxygens (including phenoxy) is 2. The van der Waals surface area contributed by atoms with Gasteiger partial charge >= 0.3 is 0 Å². The van der Waals surface area contributed by atoms with Gasteiger partial charge in [-0.05, 0) is 51.1 Å². The molecule has 0 atom stereocenters. The van der Waals surface area contributed by atoms with Crippen molar-refractivity contribution in [2.75, 3.05) is 7.11 Å². The summed E-state index contributed by atoms with van der Waals surface area (Å²) in [5.74, 6) is 1.30. The van der Waals surface area contributed by atoms with Gasteiger partial charge < -0.3 is 9.47 Å². The first-order valence-corrected chi connectivity index (χ1v) is 9.20. The van der Waals surface area contributed by atoms with Crippen molar-refractivity contribution in [2.24, 2.45) is 0 Å². The summed E-state index contributed by atoms with van der Waals surface area (Å²) in [6, 6.07) is 12.0. The number of rotatable bonds is 7. The SMILES string of the molecule is COc1ccc(C)cc1CNS(=O)(=O)c1ccc(OC(C)C)cc1. The van der Waals surface area contributed by atoms with Crippen LogP contribution in [0.1, 0.15) is 25.0 Å². The first kappa shape index (κ1) is 18.3. The lowest BCUT2D eigenvalue weighted by atomic mass is 10.1. The van der Waals surface area contributed by atoms with Gasteiger partial charge in [-0.25, -0.2) is 13.1 Å². The molecular formula is C18H23NO4S. The highest BCUT2D eigenvalue weighted by atomic mass is 32.2. The largest absolute Gasteiger partial charge is 0.496 e. The second-order valence-corrected chi connectivity index (χ2v) is 7.54. The average molecular weight is 349 g/mol. The lowest BCUT2D eigenvalue weighted by molar-refractivity contribution is 0.242. The fraction of sp³-hybridized carbons (Fsp3) is 0.333. The third-order valence-electron chi connectivity index (χ3n) is 3.39. The smallest absolute Gasteiger partial charge is 0.240 e. The van der Waals surface area contributed by atoms with Crippen molar-refractivity contribution in [1.29, 1.82) is 0 Å². The summed E-state index contributed by atoms with van der Waals surface area (Å²) < 4.78 is 38.3. The van der Waals surface area contributed by atoms with E-state index in [9.17, 15) is 8.42 Å². The summed E-state index contributed by atoms with van der Waals surface area (Å²) in [6.45, 7) is 5.95. The van der Waals surface area contributed by atoms with Gasteiger partial charge in [0.25, 0.3) is 0 Å². The van der Waals surface area contributed by atoms with Crippen LogP contribution >= 0.6 is 0 Å². The summed E-state index contributed by atoms with van der Waals surface area (Å²) in [7, 11) is -2.04. The zero-order valence-electron chi connectivity index (χ0n) is 14.4. The Morgan fingerprint density at radius 2 is 1.75 bits per heavy atom. The molecule has 0 aromatic heterocycles. The molecule has 0 aliphatic heterocycles. The Bertz CT molecular complexity index is 783. The Hall–Kier alpha value is -2.05. The van der Waals surface area contributed by atoms with Crippen LogP contribution in [0.25, 0.3) is 0 Å². The van der Waals surface area contributed by atoms with E-state index < -0.39 is 10.0 Å². The van der Waals surface area contributed by atoms with Gasteiger partial charge in [-0.15, -0.1) is 0 Å². The van der Waals surface area contributed by atoms with Gasteiger partial charge in [-0.3, -0.25) is 0 Å². The highest BCUT2D eigenvalue weighted by molar-refractivity contribution is 7.89. The molecular weight excluding hydrogens is 326 g/mol. The van der Waals surface area contributed by atoms with Crippen LogP contribution in [0.2, 0.25) is 0 Å². The van der Waals surface area contributed by atoms with E-state index in [1.165, 1.54) is 12.1 Å². The first-order valence-electron chi connectivity index (χ1n) is 7.71. The molecule has 0 saturated carbocycles. The zero-order chi connectivity index (χ0) is 17.7. The molecule has 0 aliphatic rings. The Balaban J connectivity index is 2.13. The number of aryl methyl sites for hydroxylation is 1. The van der Waals surface area contributed by atoms with Crippen molar-refractivity contribution in [3.63, 3.8) is 0 Å². The summed E-state index contributed by atoms with van der Waals surface area (Å²) in [5, 5.41) is 0. The van der Waals surface area contributed by atoms with Crippen LogP contribution in [0.3, 0.4) is 0 Å². The molecule has 0 saturated heterocycles. The summed E-state index contributed by atoms with van der Waals surface area (Å²) in [4.78, 5) is 0.199. The van der Waals surface area contributed by atoms with Crippen molar-refractivity contribution >= 4 is 10.0 Å². The normalized spacial score (nSPS) is 11.5. The predicted octanol–water partition coefficient (Wildman–Crippen LogP) is 3.27. The van der Waals surface area contributed by atoms with Gasteiger partial charge in [0.15, 0.2) is 0 Å². The Kier molecular flexibility index (Phi) is 5.85. The number of nitrogens with one attached hydrogen (secondary N) is 1. The van der Waals surface area contributed by atoms with Gasteiger partial charge in [-0.1, -0.05) is 17.7 Å². The van der Waals surface area contributed by atoms with Crippen molar-refractivity contribution in [3.8, 4) is 11.5 Å². The maximum Gasteiger partial charge on any atom is 0.240 e. The quantitative estimate of drug-likeness (QED) is 0.833. The molecule has 0 unspecified atom stereocenters. The van der Waals surface area contributed by atoms with Crippen molar-refractivity contribution in [2.45, 2.75) is 38.3 Å². The van der Waals surface area contributed by atoms with E-state index in [1.807, 2.05) is 39.0 Å². The molecule has 0 amide bonds. The molecule has 0 aliphatic carbocycles. The third-order valence-corrected chi connectivity index (χ3v) is 4.81. The van der Waals surface area contributed by atoms with Gasteiger partial charge in [-0.2, -0.15) is 0 Å². The molecule has 0 radical (unpaired) electrons.